The number of aromatic nitrogens is 2. The second-order valence-corrected chi connectivity index (χ2v) is 5.25. The van der Waals surface area contributed by atoms with Gasteiger partial charge in [-0.25, -0.2) is 4.79 Å². The number of esters is 1. The Morgan fingerprint density at radius 3 is 2.83 bits per heavy atom. The van der Waals surface area contributed by atoms with Crippen LogP contribution in [0.15, 0.2) is 17.6 Å². The fourth-order valence-electron chi connectivity index (χ4n) is 1.93. The quantitative estimate of drug-likeness (QED) is 0.799. The summed E-state index contributed by atoms with van der Waals surface area (Å²) < 4.78 is 6.75. The first-order valence-corrected chi connectivity index (χ1v) is 6.64. The van der Waals surface area contributed by atoms with Crippen LogP contribution in [0.1, 0.15) is 35.1 Å². The lowest BCUT2D eigenvalue weighted by molar-refractivity contribution is 0.0607. The van der Waals surface area contributed by atoms with Crippen molar-refractivity contribution < 1.29 is 9.53 Å². The number of rotatable bonds is 3. The fourth-order valence-corrected chi connectivity index (χ4v) is 2.90. The Labute approximate surface area is 110 Å². The van der Waals surface area contributed by atoms with E-state index < -0.39 is 0 Å². The SMILES string of the molecule is COC(=O)c1scc(C)c1-c1ccnn1C(C)C. The van der Waals surface area contributed by atoms with Gasteiger partial charge in [-0.05, 0) is 37.8 Å². The molecular weight excluding hydrogens is 248 g/mol. The Kier molecular flexibility index (Phi) is 3.52. The maximum absolute atomic E-state index is 11.8. The molecule has 2 heterocycles. The molecule has 0 radical (unpaired) electrons. The topological polar surface area (TPSA) is 44.1 Å². The minimum absolute atomic E-state index is 0.250. The van der Waals surface area contributed by atoms with Gasteiger partial charge in [0.05, 0.1) is 12.8 Å². The molecule has 96 valence electrons. The average molecular weight is 264 g/mol. The van der Waals surface area contributed by atoms with Crippen LogP contribution < -0.4 is 0 Å². The molecular formula is C13H16N2O2S. The Balaban J connectivity index is 2.60. The van der Waals surface area contributed by atoms with Gasteiger partial charge in [0.25, 0.3) is 0 Å². The molecule has 0 spiro atoms. The van der Waals surface area contributed by atoms with E-state index in [0.29, 0.717) is 4.88 Å². The van der Waals surface area contributed by atoms with Crippen LogP contribution in [-0.4, -0.2) is 22.9 Å². The molecule has 0 amide bonds. The van der Waals surface area contributed by atoms with Gasteiger partial charge < -0.3 is 4.74 Å². The van der Waals surface area contributed by atoms with Gasteiger partial charge in [0.2, 0.25) is 0 Å². The number of thiophene rings is 1. The maximum atomic E-state index is 11.8. The Morgan fingerprint density at radius 1 is 1.50 bits per heavy atom. The second kappa shape index (κ2) is 4.94. The minimum atomic E-state index is -0.292. The first-order chi connectivity index (χ1) is 8.56. The second-order valence-electron chi connectivity index (χ2n) is 4.37. The molecule has 0 N–H and O–H groups in total. The van der Waals surface area contributed by atoms with Crippen molar-refractivity contribution in [2.75, 3.05) is 7.11 Å². The number of methoxy groups -OCH3 is 1. The summed E-state index contributed by atoms with van der Waals surface area (Å²) >= 11 is 1.41. The minimum Gasteiger partial charge on any atom is -0.465 e. The van der Waals surface area contributed by atoms with Crippen molar-refractivity contribution in [1.82, 2.24) is 9.78 Å². The zero-order valence-corrected chi connectivity index (χ0v) is 11.7. The molecule has 0 unspecified atom stereocenters. The van der Waals surface area contributed by atoms with Crippen LogP contribution in [0.2, 0.25) is 0 Å². The summed E-state index contributed by atoms with van der Waals surface area (Å²) in [5, 5.41) is 6.28. The number of ether oxygens (including phenoxy) is 1. The summed E-state index contributed by atoms with van der Waals surface area (Å²) in [7, 11) is 1.40. The lowest BCUT2D eigenvalue weighted by Gasteiger charge is -2.12. The van der Waals surface area contributed by atoms with Gasteiger partial charge in [0, 0.05) is 17.8 Å². The smallest absolute Gasteiger partial charge is 0.348 e. The van der Waals surface area contributed by atoms with Crippen LogP contribution in [0.4, 0.5) is 0 Å². The average Bonchev–Trinajstić information content (AvgIpc) is 2.93. The molecule has 0 aliphatic carbocycles. The molecule has 0 aromatic carbocycles. The molecule has 2 rings (SSSR count). The van der Waals surface area contributed by atoms with Crippen LogP contribution >= 0.6 is 11.3 Å². The van der Waals surface area contributed by atoms with E-state index in [9.17, 15) is 4.79 Å². The van der Waals surface area contributed by atoms with Crippen LogP contribution in [0.3, 0.4) is 0 Å². The molecule has 18 heavy (non-hydrogen) atoms. The molecule has 4 nitrogen and oxygen atoms in total. The van der Waals surface area contributed by atoms with Gasteiger partial charge in [0.1, 0.15) is 4.88 Å². The van der Waals surface area contributed by atoms with Crippen molar-refractivity contribution >= 4 is 17.3 Å². The molecule has 0 saturated heterocycles. The lowest BCUT2D eigenvalue weighted by atomic mass is 10.1. The predicted molar refractivity (Wildman–Crippen MR) is 72.0 cm³/mol. The predicted octanol–water partition coefficient (Wildman–Crippen LogP) is 3.29. The number of hydrogen-bond donors (Lipinski definition) is 0. The van der Waals surface area contributed by atoms with E-state index in [2.05, 4.69) is 18.9 Å². The summed E-state index contributed by atoms with van der Waals surface area (Å²) in [6.07, 6.45) is 1.76. The molecule has 0 fully saturated rings. The fraction of sp³-hybridized carbons (Fsp3) is 0.385. The summed E-state index contributed by atoms with van der Waals surface area (Å²) in [6.45, 7) is 6.13. The summed E-state index contributed by atoms with van der Waals surface area (Å²) in [5.41, 5.74) is 2.96. The zero-order chi connectivity index (χ0) is 13.3. The highest BCUT2D eigenvalue weighted by molar-refractivity contribution is 7.12. The third kappa shape index (κ3) is 2.06. The highest BCUT2D eigenvalue weighted by atomic mass is 32.1. The van der Waals surface area contributed by atoms with E-state index in [4.69, 9.17) is 4.74 Å². The van der Waals surface area contributed by atoms with Gasteiger partial charge in [-0.15, -0.1) is 11.3 Å². The molecule has 0 aliphatic heterocycles. The number of carbonyl (C=O) groups is 1. The molecule has 0 saturated carbocycles. The van der Waals surface area contributed by atoms with Crippen molar-refractivity contribution in [2.45, 2.75) is 26.8 Å². The first kappa shape index (κ1) is 12.8. The van der Waals surface area contributed by atoms with Crippen LogP contribution in [0.25, 0.3) is 11.3 Å². The number of carbonyl (C=O) groups excluding carboxylic acids is 1. The lowest BCUT2D eigenvalue weighted by Crippen LogP contribution is -2.07. The van der Waals surface area contributed by atoms with Crippen LogP contribution in [0, 0.1) is 6.92 Å². The van der Waals surface area contributed by atoms with Gasteiger partial charge in [-0.3, -0.25) is 4.68 Å². The van der Waals surface area contributed by atoms with Crippen molar-refractivity contribution in [3.63, 3.8) is 0 Å². The van der Waals surface area contributed by atoms with E-state index in [-0.39, 0.29) is 12.0 Å². The Hall–Kier alpha value is -1.62. The highest BCUT2D eigenvalue weighted by Crippen LogP contribution is 2.33. The van der Waals surface area contributed by atoms with Crippen LogP contribution in [0.5, 0.6) is 0 Å². The largest absolute Gasteiger partial charge is 0.465 e. The molecule has 5 heteroatoms. The number of aryl methyl sites for hydroxylation is 1. The Morgan fingerprint density at radius 2 is 2.22 bits per heavy atom. The third-order valence-corrected chi connectivity index (χ3v) is 3.84. The first-order valence-electron chi connectivity index (χ1n) is 5.76. The van der Waals surface area contributed by atoms with Crippen molar-refractivity contribution in [3.8, 4) is 11.3 Å². The molecule has 0 bridgehead atoms. The zero-order valence-electron chi connectivity index (χ0n) is 10.9. The molecule has 2 aromatic heterocycles. The molecule has 0 aliphatic rings. The van der Waals surface area contributed by atoms with Gasteiger partial charge in [-0.1, -0.05) is 0 Å². The van der Waals surface area contributed by atoms with E-state index in [0.717, 1.165) is 16.8 Å². The standard InChI is InChI=1S/C13H16N2O2S/c1-8(2)15-10(5-6-14-15)11-9(3)7-18-12(11)13(16)17-4/h5-8H,1-4H3. The summed E-state index contributed by atoms with van der Waals surface area (Å²) in [4.78, 5) is 12.4. The Bertz CT molecular complexity index is 569. The number of hydrogen-bond acceptors (Lipinski definition) is 4. The van der Waals surface area contributed by atoms with Gasteiger partial charge in [-0.2, -0.15) is 5.10 Å². The van der Waals surface area contributed by atoms with Crippen LogP contribution in [-0.2, 0) is 4.74 Å². The monoisotopic (exact) mass is 264 g/mol. The van der Waals surface area contributed by atoms with Crippen molar-refractivity contribution in [1.29, 1.82) is 0 Å². The van der Waals surface area contributed by atoms with Gasteiger partial charge in [0.15, 0.2) is 0 Å². The summed E-state index contributed by atoms with van der Waals surface area (Å²) in [5.74, 6) is -0.292. The molecule has 0 atom stereocenters. The van der Waals surface area contributed by atoms with E-state index in [1.807, 2.05) is 23.1 Å². The normalized spacial score (nSPS) is 10.9. The van der Waals surface area contributed by atoms with Crippen molar-refractivity contribution in [2.24, 2.45) is 0 Å². The van der Waals surface area contributed by atoms with E-state index >= 15 is 0 Å². The summed E-state index contributed by atoms with van der Waals surface area (Å²) in [6, 6.07) is 2.18. The van der Waals surface area contributed by atoms with Crippen molar-refractivity contribution in [3.05, 3.63) is 28.1 Å². The molecule has 2 aromatic rings. The van der Waals surface area contributed by atoms with E-state index in [1.165, 1.54) is 18.4 Å². The third-order valence-electron chi connectivity index (χ3n) is 2.76. The highest BCUT2D eigenvalue weighted by Gasteiger charge is 2.21. The maximum Gasteiger partial charge on any atom is 0.348 e. The van der Waals surface area contributed by atoms with Gasteiger partial charge >= 0.3 is 5.97 Å². The van der Waals surface area contributed by atoms with E-state index in [1.54, 1.807) is 6.20 Å². The number of nitrogens with zero attached hydrogens (tertiary/aromatic N) is 2.